The van der Waals surface area contributed by atoms with Crippen LogP contribution in [0.3, 0.4) is 0 Å². The lowest BCUT2D eigenvalue weighted by Gasteiger charge is -2.36. The fourth-order valence-corrected chi connectivity index (χ4v) is 2.28. The molecular weight excluding hydrogens is 261 g/mol. The lowest BCUT2D eigenvalue weighted by Crippen LogP contribution is -2.51. The summed E-state index contributed by atoms with van der Waals surface area (Å²) < 4.78 is 13.7. The Bertz CT molecular complexity index is 528. The Labute approximate surface area is 116 Å². The molecule has 20 heavy (non-hydrogen) atoms. The number of halogens is 1. The number of carbonyl (C=O) groups is 1. The molecule has 1 amide bonds. The smallest absolute Gasteiger partial charge is 0.260 e. The average Bonchev–Trinajstić information content (AvgIpc) is 2.46. The monoisotopic (exact) mass is 277 g/mol. The van der Waals surface area contributed by atoms with Crippen molar-refractivity contribution < 1.29 is 14.3 Å². The van der Waals surface area contributed by atoms with E-state index in [-0.39, 0.29) is 17.4 Å². The van der Waals surface area contributed by atoms with Crippen molar-refractivity contribution in [1.82, 2.24) is 9.80 Å². The minimum absolute atomic E-state index is 0.200. The van der Waals surface area contributed by atoms with Gasteiger partial charge in [-0.2, -0.15) is 5.26 Å². The van der Waals surface area contributed by atoms with Crippen molar-refractivity contribution in [2.24, 2.45) is 0 Å². The Morgan fingerprint density at radius 3 is 2.60 bits per heavy atom. The Balaban J connectivity index is 2.08. The normalized spacial score (nSPS) is 17.6. The number of phenolic OH excluding ortho intramolecular Hbond substituents is 1. The van der Waals surface area contributed by atoms with Gasteiger partial charge >= 0.3 is 0 Å². The first-order chi connectivity index (χ1) is 9.54. The quantitative estimate of drug-likeness (QED) is 0.882. The standard InChI is InChI=1S/C14H16FN3O2/c1-10(9-16)17-5-7-18(8-6-17)14(20)13-11(15)3-2-4-12(13)19/h2-4,10,19H,5-8H2,1H3. The van der Waals surface area contributed by atoms with E-state index in [4.69, 9.17) is 5.26 Å². The van der Waals surface area contributed by atoms with Crippen molar-refractivity contribution in [2.45, 2.75) is 13.0 Å². The lowest BCUT2D eigenvalue weighted by molar-refractivity contribution is 0.0608. The highest BCUT2D eigenvalue weighted by Crippen LogP contribution is 2.22. The zero-order valence-corrected chi connectivity index (χ0v) is 11.2. The molecule has 1 aliphatic heterocycles. The summed E-state index contributed by atoms with van der Waals surface area (Å²) in [7, 11) is 0. The minimum atomic E-state index is -0.720. The fraction of sp³-hybridized carbons (Fsp3) is 0.429. The molecule has 1 N–H and O–H groups in total. The number of benzene rings is 1. The van der Waals surface area contributed by atoms with Crippen LogP contribution in [0.15, 0.2) is 18.2 Å². The number of carbonyl (C=O) groups excluding carboxylic acids is 1. The van der Waals surface area contributed by atoms with E-state index < -0.39 is 11.7 Å². The minimum Gasteiger partial charge on any atom is -0.507 e. The molecule has 1 aromatic carbocycles. The van der Waals surface area contributed by atoms with Crippen molar-refractivity contribution in [2.75, 3.05) is 26.2 Å². The number of phenols is 1. The van der Waals surface area contributed by atoms with Gasteiger partial charge < -0.3 is 10.0 Å². The van der Waals surface area contributed by atoms with E-state index in [1.807, 2.05) is 4.90 Å². The average molecular weight is 277 g/mol. The molecule has 0 spiro atoms. The van der Waals surface area contributed by atoms with Crippen molar-refractivity contribution >= 4 is 5.91 Å². The Morgan fingerprint density at radius 1 is 1.40 bits per heavy atom. The van der Waals surface area contributed by atoms with E-state index in [0.29, 0.717) is 26.2 Å². The summed E-state index contributed by atoms with van der Waals surface area (Å²) in [4.78, 5) is 15.7. The van der Waals surface area contributed by atoms with Crippen LogP contribution < -0.4 is 0 Å². The number of nitrogens with zero attached hydrogens (tertiary/aromatic N) is 3. The van der Waals surface area contributed by atoms with E-state index in [0.717, 1.165) is 6.07 Å². The molecule has 2 rings (SSSR count). The highest BCUT2D eigenvalue weighted by molar-refractivity contribution is 5.97. The van der Waals surface area contributed by atoms with Crippen LogP contribution in [0.25, 0.3) is 0 Å². The second-order valence-electron chi connectivity index (χ2n) is 4.77. The SMILES string of the molecule is CC(C#N)N1CCN(C(=O)c2c(O)cccc2F)CC1. The largest absolute Gasteiger partial charge is 0.507 e. The van der Waals surface area contributed by atoms with Crippen LogP contribution >= 0.6 is 0 Å². The van der Waals surface area contributed by atoms with Crippen LogP contribution in [0, 0.1) is 17.1 Å². The lowest BCUT2D eigenvalue weighted by atomic mass is 10.1. The highest BCUT2D eigenvalue weighted by atomic mass is 19.1. The van der Waals surface area contributed by atoms with E-state index in [2.05, 4.69) is 6.07 Å². The van der Waals surface area contributed by atoms with E-state index >= 15 is 0 Å². The molecule has 1 aromatic rings. The van der Waals surface area contributed by atoms with Crippen LogP contribution in [0.5, 0.6) is 5.75 Å². The van der Waals surface area contributed by atoms with Crippen molar-refractivity contribution in [1.29, 1.82) is 5.26 Å². The molecule has 106 valence electrons. The molecule has 0 saturated carbocycles. The van der Waals surface area contributed by atoms with Crippen LogP contribution in [0.1, 0.15) is 17.3 Å². The van der Waals surface area contributed by atoms with Gasteiger partial charge in [-0.25, -0.2) is 4.39 Å². The zero-order valence-electron chi connectivity index (χ0n) is 11.2. The molecule has 0 aromatic heterocycles. The maximum absolute atomic E-state index is 13.7. The molecule has 0 aliphatic carbocycles. The molecule has 1 heterocycles. The molecule has 6 heteroatoms. The topological polar surface area (TPSA) is 67.6 Å². The van der Waals surface area contributed by atoms with Crippen molar-refractivity contribution in [3.8, 4) is 11.8 Å². The molecule has 0 radical (unpaired) electrons. The number of nitriles is 1. The van der Waals surface area contributed by atoms with Gasteiger partial charge in [0.2, 0.25) is 0 Å². The number of hydrogen-bond donors (Lipinski definition) is 1. The maximum Gasteiger partial charge on any atom is 0.260 e. The fourth-order valence-electron chi connectivity index (χ4n) is 2.28. The third kappa shape index (κ3) is 2.73. The summed E-state index contributed by atoms with van der Waals surface area (Å²) in [6.07, 6.45) is 0. The van der Waals surface area contributed by atoms with Gasteiger partial charge in [-0.05, 0) is 19.1 Å². The summed E-state index contributed by atoms with van der Waals surface area (Å²) in [6, 6.07) is 5.76. The van der Waals surface area contributed by atoms with Gasteiger partial charge in [0.05, 0.1) is 12.1 Å². The maximum atomic E-state index is 13.7. The van der Waals surface area contributed by atoms with Crippen LogP contribution in [-0.2, 0) is 0 Å². The molecule has 1 aliphatic rings. The Kier molecular flexibility index (Phi) is 4.20. The number of rotatable bonds is 2. The molecule has 1 fully saturated rings. The summed E-state index contributed by atoms with van der Waals surface area (Å²) in [5.74, 6) is -1.57. The summed E-state index contributed by atoms with van der Waals surface area (Å²) in [6.45, 7) is 3.77. The van der Waals surface area contributed by atoms with Gasteiger partial charge in [-0.1, -0.05) is 6.07 Å². The summed E-state index contributed by atoms with van der Waals surface area (Å²) in [5, 5.41) is 18.5. The van der Waals surface area contributed by atoms with Gasteiger partial charge in [0.1, 0.15) is 17.1 Å². The molecule has 1 saturated heterocycles. The predicted molar refractivity (Wildman–Crippen MR) is 70.6 cm³/mol. The van der Waals surface area contributed by atoms with E-state index in [1.165, 1.54) is 17.0 Å². The summed E-state index contributed by atoms with van der Waals surface area (Å²) in [5.41, 5.74) is -0.283. The van der Waals surface area contributed by atoms with Crippen LogP contribution in [0.4, 0.5) is 4.39 Å². The third-order valence-electron chi connectivity index (χ3n) is 3.54. The van der Waals surface area contributed by atoms with E-state index in [1.54, 1.807) is 6.92 Å². The second-order valence-corrected chi connectivity index (χ2v) is 4.77. The number of amides is 1. The van der Waals surface area contributed by atoms with Gasteiger partial charge in [-0.15, -0.1) is 0 Å². The van der Waals surface area contributed by atoms with Crippen molar-refractivity contribution in [3.05, 3.63) is 29.6 Å². The van der Waals surface area contributed by atoms with E-state index in [9.17, 15) is 14.3 Å². The number of hydrogen-bond acceptors (Lipinski definition) is 4. The van der Waals surface area contributed by atoms with Crippen LogP contribution in [0.2, 0.25) is 0 Å². The molecule has 1 unspecified atom stereocenters. The first kappa shape index (κ1) is 14.3. The van der Waals surface area contributed by atoms with Crippen LogP contribution in [-0.4, -0.2) is 53.0 Å². The first-order valence-electron chi connectivity index (χ1n) is 6.45. The van der Waals surface area contributed by atoms with Crippen molar-refractivity contribution in [3.63, 3.8) is 0 Å². The van der Waals surface area contributed by atoms with Gasteiger partial charge in [0.15, 0.2) is 0 Å². The zero-order chi connectivity index (χ0) is 14.7. The van der Waals surface area contributed by atoms with Gasteiger partial charge in [0.25, 0.3) is 5.91 Å². The molecule has 5 nitrogen and oxygen atoms in total. The molecular formula is C14H16FN3O2. The first-order valence-corrected chi connectivity index (χ1v) is 6.45. The third-order valence-corrected chi connectivity index (χ3v) is 3.54. The number of piperazine rings is 1. The summed E-state index contributed by atoms with van der Waals surface area (Å²) >= 11 is 0. The molecule has 0 bridgehead atoms. The second kappa shape index (κ2) is 5.88. The Hall–Kier alpha value is -2.13. The predicted octanol–water partition coefficient (Wildman–Crippen LogP) is 1.20. The van der Waals surface area contributed by atoms with Gasteiger partial charge in [0, 0.05) is 26.2 Å². The number of aromatic hydroxyl groups is 1. The Morgan fingerprint density at radius 2 is 2.05 bits per heavy atom. The van der Waals surface area contributed by atoms with Gasteiger partial charge in [-0.3, -0.25) is 9.69 Å². The highest BCUT2D eigenvalue weighted by Gasteiger charge is 2.27. The molecule has 1 atom stereocenters.